The molecule has 1 fully saturated rings. The van der Waals surface area contributed by atoms with Gasteiger partial charge in [0.2, 0.25) is 0 Å². The first kappa shape index (κ1) is 14.7. The number of hydrogen-bond acceptors (Lipinski definition) is 3. The largest absolute Gasteiger partial charge is 0.380 e. The van der Waals surface area contributed by atoms with Crippen LogP contribution in [0.2, 0.25) is 0 Å². The van der Waals surface area contributed by atoms with Crippen molar-refractivity contribution in [2.75, 3.05) is 45.9 Å². The summed E-state index contributed by atoms with van der Waals surface area (Å²) in [5.74, 6) is 0. The summed E-state index contributed by atoms with van der Waals surface area (Å²) in [5.41, 5.74) is 1.41. The maximum Gasteiger partial charge on any atom is 0.0593 e. The number of ether oxygens (including phenoxy) is 1. The number of allylic oxidation sites excluding steroid dienone is 1. The summed E-state index contributed by atoms with van der Waals surface area (Å²) in [6.45, 7) is 16.1. The smallest absolute Gasteiger partial charge is 0.0593 e. The summed E-state index contributed by atoms with van der Waals surface area (Å²) < 4.78 is 5.43. The molecular formula is C14H28N2O. The Balaban J connectivity index is 2.26. The van der Waals surface area contributed by atoms with Crippen LogP contribution in [0.5, 0.6) is 0 Å². The highest BCUT2D eigenvalue weighted by Gasteiger charge is 2.22. The molecule has 1 heterocycles. The lowest BCUT2D eigenvalue weighted by atomic mass is 10.2. The van der Waals surface area contributed by atoms with Gasteiger partial charge in [-0.25, -0.2) is 0 Å². The lowest BCUT2D eigenvalue weighted by molar-refractivity contribution is 0.0534. The second kappa shape index (κ2) is 7.85. The standard InChI is InChI=1S/C14H28N2O/c1-5-17-11-10-16-9-8-15(12-14(16)4)7-6-13(2)3/h6,14H,5,7-12H2,1-4H3. The number of hydrogen-bond donors (Lipinski definition) is 0. The van der Waals surface area contributed by atoms with Gasteiger partial charge in [-0.15, -0.1) is 0 Å². The van der Waals surface area contributed by atoms with Crippen molar-refractivity contribution in [1.82, 2.24) is 9.80 Å². The molecule has 0 aromatic carbocycles. The fraction of sp³-hybridized carbons (Fsp3) is 0.857. The summed E-state index contributed by atoms with van der Waals surface area (Å²) in [6, 6.07) is 0.648. The van der Waals surface area contributed by atoms with Crippen LogP contribution >= 0.6 is 0 Å². The van der Waals surface area contributed by atoms with E-state index in [0.717, 1.165) is 26.3 Å². The highest BCUT2D eigenvalue weighted by Crippen LogP contribution is 2.09. The van der Waals surface area contributed by atoms with E-state index in [4.69, 9.17) is 4.74 Å². The number of nitrogens with zero attached hydrogens (tertiary/aromatic N) is 2. The average Bonchev–Trinajstić information content (AvgIpc) is 2.29. The molecular weight excluding hydrogens is 212 g/mol. The Kier molecular flexibility index (Phi) is 6.78. The van der Waals surface area contributed by atoms with Crippen molar-refractivity contribution in [3.05, 3.63) is 11.6 Å². The molecule has 1 saturated heterocycles. The van der Waals surface area contributed by atoms with Gasteiger partial charge in [-0.05, 0) is 27.7 Å². The van der Waals surface area contributed by atoms with Crippen molar-refractivity contribution in [1.29, 1.82) is 0 Å². The molecule has 1 unspecified atom stereocenters. The van der Waals surface area contributed by atoms with E-state index in [1.165, 1.54) is 25.2 Å². The second-order valence-corrected chi connectivity index (χ2v) is 5.12. The SMILES string of the molecule is CCOCCN1CCN(CC=C(C)C)CC1C. The van der Waals surface area contributed by atoms with Crippen molar-refractivity contribution in [2.24, 2.45) is 0 Å². The molecule has 0 radical (unpaired) electrons. The van der Waals surface area contributed by atoms with Gasteiger partial charge in [-0.2, -0.15) is 0 Å². The fourth-order valence-electron chi connectivity index (χ4n) is 2.21. The van der Waals surface area contributed by atoms with Crippen molar-refractivity contribution in [3.63, 3.8) is 0 Å². The topological polar surface area (TPSA) is 15.7 Å². The van der Waals surface area contributed by atoms with Crippen LogP contribution in [0.1, 0.15) is 27.7 Å². The first-order valence-corrected chi connectivity index (χ1v) is 6.81. The highest BCUT2D eigenvalue weighted by molar-refractivity contribution is 4.96. The van der Waals surface area contributed by atoms with Gasteiger partial charge in [0.15, 0.2) is 0 Å². The monoisotopic (exact) mass is 240 g/mol. The lowest BCUT2D eigenvalue weighted by Gasteiger charge is -2.39. The van der Waals surface area contributed by atoms with E-state index in [1.807, 2.05) is 0 Å². The maximum absolute atomic E-state index is 5.43. The van der Waals surface area contributed by atoms with Crippen molar-refractivity contribution >= 4 is 0 Å². The van der Waals surface area contributed by atoms with Crippen LogP contribution < -0.4 is 0 Å². The third kappa shape index (κ3) is 5.66. The van der Waals surface area contributed by atoms with Crippen LogP contribution in [0.25, 0.3) is 0 Å². The Bertz CT molecular complexity index is 236. The minimum absolute atomic E-state index is 0.648. The Morgan fingerprint density at radius 2 is 2.12 bits per heavy atom. The van der Waals surface area contributed by atoms with Crippen LogP contribution in [-0.2, 0) is 4.74 Å². The third-order valence-corrected chi connectivity index (χ3v) is 3.33. The third-order valence-electron chi connectivity index (χ3n) is 3.33. The van der Waals surface area contributed by atoms with Crippen molar-refractivity contribution in [3.8, 4) is 0 Å². The molecule has 0 spiro atoms. The molecule has 0 N–H and O–H groups in total. The van der Waals surface area contributed by atoms with E-state index in [1.54, 1.807) is 0 Å². The molecule has 0 saturated carbocycles. The van der Waals surface area contributed by atoms with Gasteiger partial charge in [-0.1, -0.05) is 11.6 Å². The lowest BCUT2D eigenvalue weighted by Crippen LogP contribution is -2.52. The van der Waals surface area contributed by atoms with Crippen molar-refractivity contribution in [2.45, 2.75) is 33.7 Å². The van der Waals surface area contributed by atoms with Crippen LogP contribution in [0.3, 0.4) is 0 Å². The van der Waals surface area contributed by atoms with Crippen molar-refractivity contribution < 1.29 is 4.74 Å². The number of rotatable bonds is 6. The molecule has 0 aliphatic carbocycles. The molecule has 17 heavy (non-hydrogen) atoms. The first-order chi connectivity index (χ1) is 8.13. The van der Waals surface area contributed by atoms with Gasteiger partial charge in [0, 0.05) is 45.4 Å². The summed E-state index contributed by atoms with van der Waals surface area (Å²) in [5, 5.41) is 0. The van der Waals surface area contributed by atoms with E-state index in [2.05, 4.69) is 43.6 Å². The number of piperazine rings is 1. The van der Waals surface area contributed by atoms with Crippen LogP contribution in [0, 0.1) is 0 Å². The Morgan fingerprint density at radius 1 is 1.35 bits per heavy atom. The van der Waals surface area contributed by atoms with Gasteiger partial charge < -0.3 is 4.74 Å². The van der Waals surface area contributed by atoms with E-state index in [9.17, 15) is 0 Å². The summed E-state index contributed by atoms with van der Waals surface area (Å²) in [7, 11) is 0. The Labute approximate surface area is 106 Å². The van der Waals surface area contributed by atoms with Gasteiger partial charge in [0.1, 0.15) is 0 Å². The highest BCUT2D eigenvalue weighted by atomic mass is 16.5. The molecule has 1 aliphatic rings. The van der Waals surface area contributed by atoms with E-state index >= 15 is 0 Å². The molecule has 100 valence electrons. The van der Waals surface area contributed by atoms with E-state index in [0.29, 0.717) is 6.04 Å². The molecule has 3 heteroatoms. The van der Waals surface area contributed by atoms with Crippen LogP contribution in [0.15, 0.2) is 11.6 Å². The van der Waals surface area contributed by atoms with Gasteiger partial charge in [-0.3, -0.25) is 9.80 Å². The molecule has 1 rings (SSSR count). The molecule has 0 aromatic heterocycles. The van der Waals surface area contributed by atoms with Crippen LogP contribution in [-0.4, -0.2) is 61.8 Å². The normalized spacial score (nSPS) is 22.7. The molecule has 1 atom stereocenters. The molecule has 1 aliphatic heterocycles. The first-order valence-electron chi connectivity index (χ1n) is 6.81. The summed E-state index contributed by atoms with van der Waals surface area (Å²) in [6.07, 6.45) is 2.32. The minimum atomic E-state index is 0.648. The predicted octanol–water partition coefficient (Wildman–Crippen LogP) is 2.00. The zero-order chi connectivity index (χ0) is 12.7. The van der Waals surface area contributed by atoms with E-state index in [-0.39, 0.29) is 0 Å². The summed E-state index contributed by atoms with van der Waals surface area (Å²) >= 11 is 0. The second-order valence-electron chi connectivity index (χ2n) is 5.12. The minimum Gasteiger partial charge on any atom is -0.380 e. The van der Waals surface area contributed by atoms with Gasteiger partial charge in [0.05, 0.1) is 6.61 Å². The zero-order valence-corrected chi connectivity index (χ0v) is 11.9. The predicted molar refractivity (Wildman–Crippen MR) is 73.4 cm³/mol. The van der Waals surface area contributed by atoms with Gasteiger partial charge in [0.25, 0.3) is 0 Å². The summed E-state index contributed by atoms with van der Waals surface area (Å²) in [4.78, 5) is 5.07. The van der Waals surface area contributed by atoms with Crippen LogP contribution in [0.4, 0.5) is 0 Å². The Morgan fingerprint density at radius 3 is 2.71 bits per heavy atom. The van der Waals surface area contributed by atoms with E-state index < -0.39 is 0 Å². The quantitative estimate of drug-likeness (QED) is 0.522. The fourth-order valence-corrected chi connectivity index (χ4v) is 2.21. The Hall–Kier alpha value is -0.380. The molecule has 0 aromatic rings. The zero-order valence-electron chi connectivity index (χ0n) is 11.9. The van der Waals surface area contributed by atoms with Gasteiger partial charge >= 0.3 is 0 Å². The molecule has 0 amide bonds. The maximum atomic E-state index is 5.43. The molecule has 3 nitrogen and oxygen atoms in total. The molecule has 0 bridgehead atoms. The average molecular weight is 240 g/mol.